The molecular weight excluding hydrogens is 494 g/mol. The average molecular weight is 519 g/mol. The number of anilines is 1. The third-order valence-electron chi connectivity index (χ3n) is 6.63. The summed E-state index contributed by atoms with van der Waals surface area (Å²) in [6.45, 7) is 1.98. The lowest BCUT2D eigenvalue weighted by Gasteiger charge is -2.18. The molecule has 0 spiro atoms. The van der Waals surface area contributed by atoms with Crippen LogP contribution in [0.3, 0.4) is 0 Å². The number of carboxylic acids is 1. The van der Waals surface area contributed by atoms with Gasteiger partial charge in [-0.25, -0.2) is 9.18 Å². The van der Waals surface area contributed by atoms with E-state index >= 15 is 0 Å². The Labute approximate surface area is 210 Å². The summed E-state index contributed by atoms with van der Waals surface area (Å²) in [5.41, 5.74) is 5.15. The van der Waals surface area contributed by atoms with Crippen molar-refractivity contribution in [3.8, 4) is 5.75 Å². The molecule has 4 rings (SSSR count). The number of nitrogens with zero attached hydrogens (tertiary/aromatic N) is 1. The van der Waals surface area contributed by atoms with Crippen molar-refractivity contribution in [1.82, 2.24) is 0 Å². The van der Waals surface area contributed by atoms with Crippen molar-refractivity contribution in [3.63, 3.8) is 0 Å². The van der Waals surface area contributed by atoms with Gasteiger partial charge in [-0.1, -0.05) is 12.1 Å². The van der Waals surface area contributed by atoms with E-state index < -0.39 is 35.2 Å². The first kappa shape index (κ1) is 26.2. The molecule has 196 valence electrons. The summed E-state index contributed by atoms with van der Waals surface area (Å²) in [5, 5.41) is 12.4. The molecule has 2 saturated carbocycles. The van der Waals surface area contributed by atoms with Crippen molar-refractivity contribution >= 4 is 29.4 Å². The molecule has 37 heavy (non-hydrogen) atoms. The molecular formula is C26H25F4N3O4. The molecule has 0 bridgehead atoms. The van der Waals surface area contributed by atoms with Gasteiger partial charge in [0, 0.05) is 41.3 Å². The highest BCUT2D eigenvalue weighted by Gasteiger charge is 2.53. The third kappa shape index (κ3) is 5.92. The number of carbonyl (C=O) groups excluding carboxylic acids is 1. The number of aromatic carboxylic acids is 1. The van der Waals surface area contributed by atoms with Crippen molar-refractivity contribution < 1.29 is 37.0 Å². The summed E-state index contributed by atoms with van der Waals surface area (Å²) in [4.78, 5) is 29.5. The number of aliphatic imine (C=N–C) groups is 1. The molecule has 2 aromatic rings. The SMILES string of the molecule is CC(N=CC(=CN)c1ccc(NC(=O)C2(c3ccc(OC(F)(F)F)cc3F)CC2)cc1C(=O)O)C1CC1. The predicted molar refractivity (Wildman–Crippen MR) is 129 cm³/mol. The van der Waals surface area contributed by atoms with Crippen LogP contribution in [0, 0.1) is 11.7 Å². The fraction of sp³-hybridized carbons (Fsp3) is 0.346. The number of carboxylic acid groups (broad SMARTS) is 1. The summed E-state index contributed by atoms with van der Waals surface area (Å²) in [6.07, 6.45) is 0.576. The Hall–Kier alpha value is -3.89. The Bertz CT molecular complexity index is 1280. The van der Waals surface area contributed by atoms with Gasteiger partial charge in [-0.3, -0.25) is 9.79 Å². The maximum absolute atomic E-state index is 14.7. The van der Waals surface area contributed by atoms with Crippen LogP contribution in [-0.2, 0) is 10.2 Å². The van der Waals surface area contributed by atoms with Crippen molar-refractivity contribution in [2.24, 2.45) is 16.6 Å². The highest BCUT2D eigenvalue weighted by molar-refractivity contribution is 6.13. The number of benzene rings is 2. The van der Waals surface area contributed by atoms with Gasteiger partial charge < -0.3 is 20.9 Å². The Morgan fingerprint density at radius 2 is 1.89 bits per heavy atom. The quantitative estimate of drug-likeness (QED) is 0.309. The molecule has 4 N–H and O–H groups in total. The van der Waals surface area contributed by atoms with E-state index in [1.54, 1.807) is 0 Å². The minimum atomic E-state index is -4.98. The molecule has 2 aliphatic rings. The molecule has 0 saturated heterocycles. The Morgan fingerprint density at radius 1 is 1.19 bits per heavy atom. The molecule has 0 radical (unpaired) electrons. The number of rotatable bonds is 9. The number of ether oxygens (including phenoxy) is 1. The molecule has 1 unspecified atom stereocenters. The number of halogens is 4. The summed E-state index contributed by atoms with van der Waals surface area (Å²) < 4.78 is 55.7. The standard InChI is InChI=1S/C26H25F4N3O4/c1-14(15-2-3-15)32-13-16(12-31)19-6-4-17(10-20(19)23(34)35)33-24(36)25(8-9-25)21-7-5-18(11-22(21)27)37-26(28,29)30/h4-7,10-15H,2-3,8-9,31H2,1H3,(H,33,36)(H,34,35). The lowest BCUT2D eigenvalue weighted by molar-refractivity contribution is -0.274. The zero-order chi connectivity index (χ0) is 27.0. The van der Waals surface area contributed by atoms with Crippen molar-refractivity contribution in [3.05, 3.63) is 65.1 Å². The fourth-order valence-corrected chi connectivity index (χ4v) is 4.23. The van der Waals surface area contributed by atoms with E-state index in [1.165, 1.54) is 30.6 Å². The van der Waals surface area contributed by atoms with Crippen LogP contribution in [0.15, 0.2) is 47.6 Å². The zero-order valence-electron chi connectivity index (χ0n) is 19.8. The average Bonchev–Trinajstić information content (AvgIpc) is 3.73. The second-order valence-corrected chi connectivity index (χ2v) is 9.27. The van der Waals surface area contributed by atoms with Gasteiger partial charge >= 0.3 is 12.3 Å². The molecule has 0 aliphatic heterocycles. The Balaban J connectivity index is 1.54. The van der Waals surface area contributed by atoms with E-state index in [0.717, 1.165) is 25.0 Å². The smallest absolute Gasteiger partial charge is 0.478 e. The summed E-state index contributed by atoms with van der Waals surface area (Å²) in [6, 6.07) is 6.97. The fourth-order valence-electron chi connectivity index (χ4n) is 4.23. The molecule has 2 aromatic carbocycles. The monoisotopic (exact) mass is 519 g/mol. The van der Waals surface area contributed by atoms with Gasteiger partial charge in [0.15, 0.2) is 0 Å². The van der Waals surface area contributed by atoms with E-state index in [1.807, 2.05) is 6.92 Å². The molecule has 0 heterocycles. The number of hydrogen-bond donors (Lipinski definition) is 3. The number of carbonyl (C=O) groups is 2. The van der Waals surface area contributed by atoms with Gasteiger partial charge in [0.25, 0.3) is 0 Å². The van der Waals surface area contributed by atoms with Crippen LogP contribution < -0.4 is 15.8 Å². The summed E-state index contributed by atoms with van der Waals surface area (Å²) in [5.74, 6) is -3.07. The van der Waals surface area contributed by atoms with Gasteiger partial charge in [-0.2, -0.15) is 0 Å². The van der Waals surface area contributed by atoms with Gasteiger partial charge in [-0.05, 0) is 62.3 Å². The van der Waals surface area contributed by atoms with Crippen LogP contribution >= 0.6 is 0 Å². The van der Waals surface area contributed by atoms with Crippen LogP contribution in [0.5, 0.6) is 5.75 Å². The number of nitrogens with one attached hydrogen (secondary N) is 1. The van der Waals surface area contributed by atoms with E-state index in [9.17, 15) is 32.3 Å². The first-order chi connectivity index (χ1) is 17.4. The number of allylic oxidation sites excluding steroid dienone is 1. The molecule has 1 atom stereocenters. The van der Waals surface area contributed by atoms with Gasteiger partial charge in [0.05, 0.1) is 11.0 Å². The lowest BCUT2D eigenvalue weighted by Crippen LogP contribution is -2.29. The number of alkyl halides is 3. The van der Waals surface area contributed by atoms with E-state index in [2.05, 4.69) is 15.0 Å². The highest BCUT2D eigenvalue weighted by atomic mass is 19.4. The summed E-state index contributed by atoms with van der Waals surface area (Å²) >= 11 is 0. The molecule has 2 aliphatic carbocycles. The zero-order valence-corrected chi connectivity index (χ0v) is 19.8. The normalized spacial score (nSPS) is 17.9. The van der Waals surface area contributed by atoms with Crippen molar-refractivity contribution in [1.29, 1.82) is 0 Å². The second kappa shape index (κ2) is 9.87. The first-order valence-electron chi connectivity index (χ1n) is 11.6. The Morgan fingerprint density at radius 3 is 2.43 bits per heavy atom. The topological polar surface area (TPSA) is 114 Å². The molecule has 11 heteroatoms. The van der Waals surface area contributed by atoms with E-state index in [-0.39, 0.29) is 35.7 Å². The van der Waals surface area contributed by atoms with Crippen molar-refractivity contribution in [2.75, 3.05) is 5.32 Å². The molecule has 1 amide bonds. The molecule has 7 nitrogen and oxygen atoms in total. The van der Waals surface area contributed by atoms with E-state index in [0.29, 0.717) is 23.1 Å². The van der Waals surface area contributed by atoms with Crippen LogP contribution in [0.25, 0.3) is 5.57 Å². The first-order valence-corrected chi connectivity index (χ1v) is 11.6. The minimum absolute atomic E-state index is 0.0658. The van der Waals surface area contributed by atoms with Crippen LogP contribution in [0.1, 0.15) is 54.1 Å². The second-order valence-electron chi connectivity index (χ2n) is 9.27. The van der Waals surface area contributed by atoms with Gasteiger partial charge in [-0.15, -0.1) is 13.2 Å². The Kier molecular flexibility index (Phi) is 6.98. The van der Waals surface area contributed by atoms with Crippen molar-refractivity contribution in [2.45, 2.75) is 50.4 Å². The van der Waals surface area contributed by atoms with Crippen LogP contribution in [0.4, 0.5) is 23.2 Å². The molecule has 0 aromatic heterocycles. The van der Waals surface area contributed by atoms with Crippen LogP contribution in [-0.4, -0.2) is 35.6 Å². The molecule has 2 fully saturated rings. The van der Waals surface area contributed by atoms with Gasteiger partial charge in [0.2, 0.25) is 5.91 Å². The van der Waals surface area contributed by atoms with Crippen LogP contribution in [0.2, 0.25) is 0 Å². The van der Waals surface area contributed by atoms with Gasteiger partial charge in [0.1, 0.15) is 11.6 Å². The maximum Gasteiger partial charge on any atom is 0.573 e. The summed E-state index contributed by atoms with van der Waals surface area (Å²) in [7, 11) is 0. The maximum atomic E-state index is 14.7. The number of nitrogens with two attached hydrogens (primary N) is 1. The van der Waals surface area contributed by atoms with E-state index in [4.69, 9.17) is 5.73 Å². The third-order valence-corrected chi connectivity index (χ3v) is 6.63. The minimum Gasteiger partial charge on any atom is -0.478 e. The lowest BCUT2D eigenvalue weighted by atomic mass is 9.93. The largest absolute Gasteiger partial charge is 0.573 e. The highest BCUT2D eigenvalue weighted by Crippen LogP contribution is 2.50. The number of amides is 1. The number of hydrogen-bond acceptors (Lipinski definition) is 5. The predicted octanol–water partition coefficient (Wildman–Crippen LogP) is 5.26.